The number of rotatable bonds is 5. The first kappa shape index (κ1) is 16.5. The molecule has 0 bridgehead atoms. The smallest absolute Gasteiger partial charge is 0.305 e. The maximum absolute atomic E-state index is 5.56. The Balaban J connectivity index is 4.28. The van der Waals surface area contributed by atoms with Gasteiger partial charge in [0, 0.05) is 0 Å². The lowest BCUT2D eigenvalue weighted by Crippen LogP contribution is -2.47. The van der Waals surface area contributed by atoms with Crippen molar-refractivity contribution in [3.63, 3.8) is 0 Å². The van der Waals surface area contributed by atoms with Gasteiger partial charge in [-0.1, -0.05) is 41.5 Å². The Morgan fingerprint density at radius 1 is 0.938 bits per heavy atom. The molecule has 0 amide bonds. The van der Waals surface area contributed by atoms with Crippen molar-refractivity contribution in [3.05, 3.63) is 0 Å². The second-order valence-corrected chi connectivity index (χ2v) is 9.26. The summed E-state index contributed by atoms with van der Waals surface area (Å²) in [4.78, 5) is 0. The molecule has 0 spiro atoms. The molecule has 0 aromatic rings. The summed E-state index contributed by atoms with van der Waals surface area (Å²) in [6.07, 6.45) is 0. The lowest BCUT2D eigenvalue weighted by Gasteiger charge is -2.26. The van der Waals surface area contributed by atoms with E-state index in [4.69, 9.17) is 25.5 Å². The normalized spacial score (nSPS) is 14.2. The number of hydrogen-bond acceptors (Lipinski definition) is 4. The molecule has 98 valence electrons. The minimum Gasteiger partial charge on any atom is -0.305 e. The molecule has 0 saturated carbocycles. The summed E-state index contributed by atoms with van der Waals surface area (Å²) >= 11 is 5.22. The molecule has 6 heteroatoms. The van der Waals surface area contributed by atoms with Crippen molar-refractivity contribution >= 4 is 18.5 Å². The number of hydrogen-bond donors (Lipinski definition) is 1. The van der Waals surface area contributed by atoms with Gasteiger partial charge in [-0.2, -0.15) is 0 Å². The fourth-order valence-corrected chi connectivity index (χ4v) is 2.29. The van der Waals surface area contributed by atoms with Crippen molar-refractivity contribution in [1.82, 2.24) is 0 Å². The summed E-state index contributed by atoms with van der Waals surface area (Å²) in [5, 5.41) is 0. The highest BCUT2D eigenvalue weighted by Gasteiger charge is 2.27. The summed E-state index contributed by atoms with van der Waals surface area (Å²) in [5.41, 5.74) is 0.0708. The van der Waals surface area contributed by atoms with Gasteiger partial charge in [-0.15, -0.1) is 4.62 Å². The topological polar surface area (TPSA) is 55.3 Å². The molecule has 3 N–H and O–H groups in total. The van der Waals surface area contributed by atoms with Crippen LogP contribution in [-0.4, -0.2) is 13.2 Å². The van der Waals surface area contributed by atoms with Crippen molar-refractivity contribution in [1.29, 1.82) is 0 Å². The van der Waals surface area contributed by atoms with Gasteiger partial charge in [0.25, 0.3) is 0 Å². The molecule has 16 heavy (non-hydrogen) atoms. The van der Waals surface area contributed by atoms with Crippen LogP contribution in [0.1, 0.15) is 41.5 Å². The lowest BCUT2D eigenvalue weighted by molar-refractivity contribution is -0.641. The second-order valence-electron chi connectivity index (χ2n) is 6.24. The van der Waals surface area contributed by atoms with E-state index in [9.17, 15) is 0 Å². The Bertz CT molecular complexity index is 236. The largest absolute Gasteiger partial charge is 0.380 e. The van der Waals surface area contributed by atoms with Crippen LogP contribution in [0.3, 0.4) is 0 Å². The van der Waals surface area contributed by atoms with Gasteiger partial charge in [0.2, 0.25) is 0 Å². The molecule has 0 atom stereocenters. The predicted octanol–water partition coefficient (Wildman–Crippen LogP) is 2.51. The van der Waals surface area contributed by atoms with Gasteiger partial charge in [0.05, 0.1) is 13.2 Å². The van der Waals surface area contributed by atoms with Crippen molar-refractivity contribution in [2.45, 2.75) is 41.5 Å². The zero-order valence-corrected chi connectivity index (χ0v) is 12.9. The van der Waals surface area contributed by atoms with Gasteiger partial charge in [-0.25, -0.2) is 5.90 Å². The standard InChI is InChI=1S/C10H25NO3PS/c1-9(2,3)7-12-15(16,14-11)13-8-10(4,5)6/h7-8H2,1-6,11H3/q+1. The van der Waals surface area contributed by atoms with Crippen LogP contribution in [0.5, 0.6) is 0 Å². The second kappa shape index (κ2) is 5.89. The van der Waals surface area contributed by atoms with Gasteiger partial charge in [-0.3, -0.25) is 0 Å². The summed E-state index contributed by atoms with van der Waals surface area (Å²) in [5.74, 6) is 3.35. The zero-order valence-electron chi connectivity index (χ0n) is 11.2. The average molecular weight is 270 g/mol. The molecule has 0 rings (SSSR count). The molecule has 0 aliphatic heterocycles. The van der Waals surface area contributed by atoms with Crippen LogP contribution in [0, 0.1) is 10.8 Å². The summed E-state index contributed by atoms with van der Waals surface area (Å²) in [7, 11) is 0. The molecule has 0 aliphatic carbocycles. The molecule has 0 radical (unpaired) electrons. The first-order valence-electron chi connectivity index (χ1n) is 5.30. The number of quaternary nitrogens is 1. The molecule has 0 heterocycles. The SMILES string of the molecule is CC(C)(C)COP(=S)(O[NH3+])OCC(C)(C)C. The Labute approximate surface area is 104 Å². The Morgan fingerprint density at radius 2 is 1.25 bits per heavy atom. The van der Waals surface area contributed by atoms with E-state index in [2.05, 4.69) is 47.4 Å². The van der Waals surface area contributed by atoms with E-state index in [0.717, 1.165) is 0 Å². The van der Waals surface area contributed by atoms with E-state index in [-0.39, 0.29) is 10.8 Å². The monoisotopic (exact) mass is 270 g/mol. The van der Waals surface area contributed by atoms with Gasteiger partial charge >= 0.3 is 6.72 Å². The minimum atomic E-state index is -2.67. The van der Waals surface area contributed by atoms with E-state index in [1.54, 1.807) is 0 Å². The van der Waals surface area contributed by atoms with Crippen LogP contribution in [0.4, 0.5) is 0 Å². The van der Waals surface area contributed by atoms with Crippen LogP contribution >= 0.6 is 6.72 Å². The maximum atomic E-state index is 5.56. The van der Waals surface area contributed by atoms with Gasteiger partial charge in [0.1, 0.15) is 0 Å². The van der Waals surface area contributed by atoms with E-state index in [1.165, 1.54) is 0 Å². The van der Waals surface area contributed by atoms with Crippen molar-refractivity contribution < 1.29 is 19.6 Å². The van der Waals surface area contributed by atoms with Crippen LogP contribution in [-0.2, 0) is 25.5 Å². The summed E-state index contributed by atoms with van der Waals surface area (Å²) in [6.45, 7) is 10.8. The van der Waals surface area contributed by atoms with Crippen molar-refractivity contribution in [3.8, 4) is 0 Å². The zero-order chi connectivity index (χ0) is 13.0. The van der Waals surface area contributed by atoms with Crippen LogP contribution in [0.25, 0.3) is 0 Å². The van der Waals surface area contributed by atoms with Gasteiger partial charge in [-0.05, 0) is 22.6 Å². The highest BCUT2D eigenvalue weighted by Crippen LogP contribution is 2.49. The van der Waals surface area contributed by atoms with Gasteiger partial charge < -0.3 is 9.05 Å². The highest BCUT2D eigenvalue weighted by atomic mass is 32.5. The third kappa shape index (κ3) is 8.62. The minimum absolute atomic E-state index is 0.0354. The fraction of sp³-hybridized carbons (Fsp3) is 1.00. The molecule has 0 aliphatic rings. The third-order valence-electron chi connectivity index (χ3n) is 1.47. The summed E-state index contributed by atoms with van der Waals surface area (Å²) < 4.78 is 16.1. The van der Waals surface area contributed by atoms with E-state index >= 15 is 0 Å². The quantitative estimate of drug-likeness (QED) is 0.616. The van der Waals surface area contributed by atoms with Crippen molar-refractivity contribution in [2.24, 2.45) is 10.8 Å². The molecular formula is C10H25NO3PS+. The molecule has 0 aromatic carbocycles. The maximum Gasteiger partial charge on any atom is 0.380 e. The molecular weight excluding hydrogens is 245 g/mol. The van der Waals surface area contributed by atoms with Crippen LogP contribution in [0.15, 0.2) is 0 Å². The van der Waals surface area contributed by atoms with Crippen molar-refractivity contribution in [2.75, 3.05) is 13.2 Å². The Morgan fingerprint density at radius 3 is 1.44 bits per heavy atom. The highest BCUT2D eigenvalue weighted by molar-refractivity contribution is 8.07. The summed E-state index contributed by atoms with van der Waals surface area (Å²) in [6, 6.07) is 0. The molecule has 4 nitrogen and oxygen atoms in total. The Hall–Kier alpha value is 0.490. The first-order valence-corrected chi connectivity index (χ1v) is 7.86. The fourth-order valence-electron chi connectivity index (χ4n) is 0.657. The average Bonchev–Trinajstić information content (AvgIpc) is 2.09. The predicted molar refractivity (Wildman–Crippen MR) is 69.1 cm³/mol. The first-order chi connectivity index (χ1) is 6.97. The Kier molecular flexibility index (Phi) is 6.07. The molecule has 0 fully saturated rings. The molecule has 0 aromatic heterocycles. The van der Waals surface area contributed by atoms with E-state index in [0.29, 0.717) is 13.2 Å². The van der Waals surface area contributed by atoms with Gasteiger partial charge in [0.15, 0.2) is 0 Å². The van der Waals surface area contributed by atoms with E-state index < -0.39 is 6.72 Å². The molecule has 0 saturated heterocycles. The van der Waals surface area contributed by atoms with Crippen LogP contribution in [0.2, 0.25) is 0 Å². The third-order valence-corrected chi connectivity index (χ3v) is 3.63. The lowest BCUT2D eigenvalue weighted by atomic mass is 9.99. The van der Waals surface area contributed by atoms with Crippen LogP contribution < -0.4 is 5.90 Å². The molecule has 0 unspecified atom stereocenters. The van der Waals surface area contributed by atoms with E-state index in [1.807, 2.05) is 0 Å².